The number of unbranched alkanes of at least 4 members (excludes halogenated alkanes) is 15. The van der Waals surface area contributed by atoms with Gasteiger partial charge in [-0.25, -0.2) is 0 Å². The van der Waals surface area contributed by atoms with E-state index in [-0.39, 0.29) is 0 Å². The minimum absolute atomic E-state index is 0.625. The van der Waals surface area contributed by atoms with Crippen molar-refractivity contribution in [1.29, 1.82) is 0 Å². The molecule has 0 aromatic rings. The number of rotatable bonds is 35. The van der Waals surface area contributed by atoms with Gasteiger partial charge in [0.1, 0.15) is 0 Å². The quantitative estimate of drug-likeness (QED) is 0.0470. The van der Waals surface area contributed by atoms with Crippen LogP contribution in [0.1, 0.15) is 197 Å². The van der Waals surface area contributed by atoms with Crippen LogP contribution in [-0.2, 0) is 10.6 Å². The molecular weight excluding hydrogens is 770 g/mol. The topological polar surface area (TPSA) is 36.9 Å². The molecule has 0 aliphatic rings. The van der Waals surface area contributed by atoms with Gasteiger partial charge in [0, 0.05) is 0 Å². The van der Waals surface area contributed by atoms with Crippen LogP contribution in [0.2, 0.25) is 13.3 Å². The van der Waals surface area contributed by atoms with Gasteiger partial charge in [-0.15, -0.1) is 0 Å². The van der Waals surface area contributed by atoms with E-state index in [2.05, 4.69) is 62.3 Å². The second-order valence-corrected chi connectivity index (χ2v) is 35.7. The van der Waals surface area contributed by atoms with Gasteiger partial charge in [0.15, 0.2) is 0 Å². The van der Waals surface area contributed by atoms with Gasteiger partial charge in [0.25, 0.3) is 0 Å². The Morgan fingerprint density at radius 3 is 1.04 bits per heavy atom. The predicted octanol–water partition coefficient (Wildman–Crippen LogP) is 13.7. The fraction of sp³-hybridized carbons (Fsp3) is 1.00. The standard InChI is InChI=1S/3C8H17.3C5H11O.O.2Sn/c3*1-3-5-7-8-6-4-2;3*1-5(2)3-4-6;;;/h3*1,3-8H2,2H3;3*5H,3-4H2,1-2H3;;;/q;;;3*-1;;+1;+2. The summed E-state index contributed by atoms with van der Waals surface area (Å²) in [7, 11) is 0. The fourth-order valence-electron chi connectivity index (χ4n) is 5.83. The molecule has 0 aliphatic carbocycles. The van der Waals surface area contributed by atoms with Crippen LogP contribution in [0.4, 0.5) is 0 Å². The Morgan fingerprint density at radius 2 is 0.689 bits per heavy atom. The summed E-state index contributed by atoms with van der Waals surface area (Å²) >= 11 is -7.43. The Kier molecular flexibility index (Phi) is 32.4. The van der Waals surface area contributed by atoms with Crippen molar-refractivity contribution < 1.29 is 10.6 Å². The molecule has 45 heavy (non-hydrogen) atoms. The average molecular weight is 855 g/mol. The Hall–Kier alpha value is 1.44. The molecule has 0 aromatic heterocycles. The summed E-state index contributed by atoms with van der Waals surface area (Å²) in [6.45, 7) is 23.3. The third-order valence-corrected chi connectivity index (χ3v) is 39.0. The van der Waals surface area contributed by atoms with Gasteiger partial charge in [-0.05, 0) is 0 Å². The van der Waals surface area contributed by atoms with Crippen LogP contribution in [0.15, 0.2) is 0 Å². The van der Waals surface area contributed by atoms with Crippen molar-refractivity contribution in [2.75, 3.05) is 19.8 Å². The molecule has 0 heterocycles. The zero-order chi connectivity index (χ0) is 33.7. The van der Waals surface area contributed by atoms with E-state index in [0.717, 1.165) is 43.5 Å². The Morgan fingerprint density at radius 1 is 0.378 bits per heavy atom. The molecule has 0 radical (unpaired) electrons. The Bertz CT molecular complexity index is 584. The average Bonchev–Trinajstić information content (AvgIpc) is 2.98. The molecule has 0 saturated carbocycles. The van der Waals surface area contributed by atoms with Gasteiger partial charge in [-0.3, -0.25) is 0 Å². The monoisotopic (exact) mass is 856 g/mol. The maximum atomic E-state index is 7.81. The summed E-state index contributed by atoms with van der Waals surface area (Å²) in [6.07, 6.45) is 27.0. The van der Waals surface area contributed by atoms with Crippen molar-refractivity contribution in [1.82, 2.24) is 0 Å². The van der Waals surface area contributed by atoms with E-state index in [9.17, 15) is 0 Å². The van der Waals surface area contributed by atoms with Gasteiger partial charge in [-0.2, -0.15) is 0 Å². The van der Waals surface area contributed by atoms with E-state index in [1.165, 1.54) is 124 Å². The molecule has 0 saturated heterocycles. The van der Waals surface area contributed by atoms with Crippen LogP contribution in [0, 0.1) is 17.8 Å². The first-order chi connectivity index (χ1) is 21.6. The molecule has 272 valence electrons. The molecule has 0 amide bonds. The molecule has 0 fully saturated rings. The summed E-state index contributed by atoms with van der Waals surface area (Å²) in [4.78, 5) is 0. The van der Waals surface area contributed by atoms with Gasteiger partial charge in [-0.1, -0.05) is 0 Å². The van der Waals surface area contributed by atoms with Gasteiger partial charge < -0.3 is 0 Å². The molecule has 0 bridgehead atoms. The summed E-state index contributed by atoms with van der Waals surface area (Å²) in [5, 5.41) is 0. The van der Waals surface area contributed by atoms with Crippen LogP contribution in [-0.4, -0.2) is 58.6 Å². The Balaban J connectivity index is 6.26. The van der Waals surface area contributed by atoms with Crippen molar-refractivity contribution in [2.45, 2.75) is 210 Å². The molecule has 6 heteroatoms. The van der Waals surface area contributed by atoms with Crippen LogP contribution in [0.25, 0.3) is 0 Å². The molecule has 0 atom stereocenters. The van der Waals surface area contributed by atoms with Gasteiger partial charge in [0.05, 0.1) is 0 Å². The van der Waals surface area contributed by atoms with E-state index in [0.29, 0.717) is 17.8 Å². The van der Waals surface area contributed by atoms with E-state index < -0.39 is 38.8 Å². The second kappa shape index (κ2) is 31.4. The third kappa shape index (κ3) is 27.9. The number of hydrogen-bond acceptors (Lipinski definition) is 4. The summed E-state index contributed by atoms with van der Waals surface area (Å²) in [5.41, 5.74) is 0. The molecular formula is C39H84O4Sn2. The van der Waals surface area contributed by atoms with Crippen molar-refractivity contribution in [3.05, 3.63) is 0 Å². The van der Waals surface area contributed by atoms with Crippen LogP contribution in [0.3, 0.4) is 0 Å². The SMILES string of the molecule is CCCCCCC[CH2][Sn]([CH2]CCCCCCC)([O]CCC(C)C)[O][Sn]([CH2]CCCCCCC)([O]CCC(C)C)[O]CCC(C)C. The fourth-order valence-corrected chi connectivity index (χ4v) is 41.8. The van der Waals surface area contributed by atoms with Crippen LogP contribution < -0.4 is 0 Å². The second-order valence-electron chi connectivity index (χ2n) is 15.3. The van der Waals surface area contributed by atoms with E-state index in [4.69, 9.17) is 10.6 Å². The van der Waals surface area contributed by atoms with Crippen molar-refractivity contribution in [3.63, 3.8) is 0 Å². The summed E-state index contributed by atoms with van der Waals surface area (Å²) in [5.74, 6) is 1.90. The molecule has 0 rings (SSSR count). The summed E-state index contributed by atoms with van der Waals surface area (Å²) < 4.78 is 32.6. The molecule has 0 unspecified atom stereocenters. The van der Waals surface area contributed by atoms with E-state index in [1.54, 1.807) is 0 Å². The first-order valence-corrected chi connectivity index (χ1v) is 32.1. The van der Waals surface area contributed by atoms with Crippen LogP contribution in [0.5, 0.6) is 0 Å². The summed E-state index contributed by atoms with van der Waals surface area (Å²) in [6, 6.07) is 0. The zero-order valence-corrected chi connectivity index (χ0v) is 38.2. The first-order valence-electron chi connectivity index (χ1n) is 20.3. The van der Waals surface area contributed by atoms with Gasteiger partial charge >= 0.3 is 297 Å². The molecule has 0 spiro atoms. The molecule has 0 aromatic carbocycles. The van der Waals surface area contributed by atoms with Crippen LogP contribution >= 0.6 is 0 Å². The third-order valence-electron chi connectivity index (χ3n) is 9.10. The normalized spacial score (nSPS) is 12.8. The maximum absolute atomic E-state index is 7.81. The zero-order valence-electron chi connectivity index (χ0n) is 32.5. The minimum atomic E-state index is -3.90. The van der Waals surface area contributed by atoms with Crippen molar-refractivity contribution >= 4 is 38.8 Å². The predicted molar refractivity (Wildman–Crippen MR) is 203 cm³/mol. The van der Waals surface area contributed by atoms with Crippen molar-refractivity contribution in [2.24, 2.45) is 17.8 Å². The molecule has 0 N–H and O–H groups in total. The van der Waals surface area contributed by atoms with E-state index in [1.807, 2.05) is 0 Å². The molecule has 4 nitrogen and oxygen atoms in total. The van der Waals surface area contributed by atoms with E-state index >= 15 is 0 Å². The molecule has 0 aliphatic heterocycles. The number of hydrogen-bond donors (Lipinski definition) is 0. The van der Waals surface area contributed by atoms with Crippen molar-refractivity contribution in [3.8, 4) is 0 Å². The first kappa shape index (κ1) is 46.4. The Labute approximate surface area is 295 Å². The van der Waals surface area contributed by atoms with Gasteiger partial charge in [0.2, 0.25) is 0 Å².